The molecule has 0 radical (unpaired) electrons. The topological polar surface area (TPSA) is 84.0 Å². The molecule has 172 valence electrons. The number of sulfonamides is 1. The maximum Gasteiger partial charge on any atom is 0.340 e. The third-order valence-corrected chi connectivity index (χ3v) is 7.63. The minimum Gasteiger partial charge on any atom is -0.454 e. The monoisotopic (exact) mass is 466 g/mol. The molecule has 0 amide bonds. The zero-order chi connectivity index (χ0) is 23.6. The van der Waals surface area contributed by atoms with Crippen LogP contribution >= 0.6 is 0 Å². The fourth-order valence-corrected chi connectivity index (χ4v) is 4.87. The first-order valence-electron chi connectivity index (χ1n) is 10.8. The van der Waals surface area contributed by atoms with Crippen molar-refractivity contribution in [2.45, 2.75) is 17.7 Å². The number of hydrogen-bond acceptors (Lipinski definition) is 6. The van der Waals surface area contributed by atoms with Crippen LogP contribution in [0.1, 0.15) is 33.6 Å². The predicted molar refractivity (Wildman–Crippen MR) is 127 cm³/mol. The Bertz CT molecular complexity index is 1310. The van der Waals surface area contributed by atoms with E-state index in [1.807, 2.05) is 35.2 Å². The lowest BCUT2D eigenvalue weighted by molar-refractivity contribution is 0.0475. The summed E-state index contributed by atoms with van der Waals surface area (Å²) < 4.78 is 31.7. The molecule has 33 heavy (non-hydrogen) atoms. The van der Waals surface area contributed by atoms with E-state index in [4.69, 9.17) is 4.74 Å². The van der Waals surface area contributed by atoms with Crippen LogP contribution in [0.5, 0.6) is 0 Å². The van der Waals surface area contributed by atoms with Crippen molar-refractivity contribution < 1.29 is 22.7 Å². The van der Waals surface area contributed by atoms with Crippen molar-refractivity contribution in [1.29, 1.82) is 0 Å². The molecule has 3 aromatic carbocycles. The Morgan fingerprint density at radius 2 is 1.64 bits per heavy atom. The number of benzene rings is 3. The van der Waals surface area contributed by atoms with Gasteiger partial charge in [0, 0.05) is 32.7 Å². The van der Waals surface area contributed by atoms with Gasteiger partial charge in [-0.3, -0.25) is 4.79 Å². The third kappa shape index (κ3) is 4.77. The summed E-state index contributed by atoms with van der Waals surface area (Å²) in [5, 5.41) is 1.94. The number of anilines is 1. The molecule has 0 aliphatic carbocycles. The minimum absolute atomic E-state index is 0.00301. The molecule has 1 aliphatic heterocycles. The van der Waals surface area contributed by atoms with Crippen LogP contribution in [0, 0.1) is 0 Å². The lowest BCUT2D eigenvalue weighted by Crippen LogP contribution is -2.25. The summed E-state index contributed by atoms with van der Waals surface area (Å²) in [5.41, 5.74) is 1.21. The van der Waals surface area contributed by atoms with Crippen molar-refractivity contribution in [1.82, 2.24) is 4.31 Å². The number of hydrogen-bond donors (Lipinski definition) is 0. The molecule has 1 fully saturated rings. The molecule has 3 aromatic rings. The lowest BCUT2D eigenvalue weighted by atomic mass is 10.0. The van der Waals surface area contributed by atoms with E-state index in [0.717, 1.165) is 41.0 Å². The maximum absolute atomic E-state index is 13.0. The van der Waals surface area contributed by atoms with Crippen molar-refractivity contribution in [2.24, 2.45) is 0 Å². The van der Waals surface area contributed by atoms with Crippen molar-refractivity contribution in [3.05, 3.63) is 71.8 Å². The molecule has 0 saturated carbocycles. The summed E-state index contributed by atoms with van der Waals surface area (Å²) in [6.45, 7) is 1.12. The highest BCUT2D eigenvalue weighted by molar-refractivity contribution is 7.89. The Balaban J connectivity index is 1.58. The Hall–Kier alpha value is -3.23. The highest BCUT2D eigenvalue weighted by Gasteiger charge is 2.25. The first kappa shape index (κ1) is 22.9. The zero-order valence-corrected chi connectivity index (χ0v) is 19.5. The first-order valence-corrected chi connectivity index (χ1v) is 12.2. The number of carbonyl (C=O) groups excluding carboxylic acids is 2. The van der Waals surface area contributed by atoms with Gasteiger partial charge in [-0.1, -0.05) is 36.4 Å². The fourth-order valence-electron chi connectivity index (χ4n) is 3.94. The van der Waals surface area contributed by atoms with Crippen LogP contribution in [0.3, 0.4) is 0 Å². The van der Waals surface area contributed by atoms with Crippen molar-refractivity contribution in [3.8, 4) is 0 Å². The van der Waals surface area contributed by atoms with Gasteiger partial charge in [0.15, 0.2) is 12.4 Å². The van der Waals surface area contributed by atoms with Crippen LogP contribution in [0.4, 0.5) is 5.69 Å². The molecule has 0 atom stereocenters. The van der Waals surface area contributed by atoms with Gasteiger partial charge in [0.05, 0.1) is 16.1 Å². The van der Waals surface area contributed by atoms with Crippen LogP contribution in [0.25, 0.3) is 10.8 Å². The summed E-state index contributed by atoms with van der Waals surface area (Å²) in [6.07, 6.45) is 1.99. The number of esters is 1. The number of ketones is 1. The van der Waals surface area contributed by atoms with Gasteiger partial charge in [0.25, 0.3) is 0 Å². The number of nitrogens with zero attached hydrogens (tertiary/aromatic N) is 2. The highest BCUT2D eigenvalue weighted by atomic mass is 32.2. The van der Waals surface area contributed by atoms with E-state index in [1.165, 1.54) is 26.2 Å². The van der Waals surface area contributed by atoms with Gasteiger partial charge in [-0.25, -0.2) is 17.5 Å². The van der Waals surface area contributed by atoms with Gasteiger partial charge >= 0.3 is 5.97 Å². The Labute approximate surface area is 193 Å². The van der Waals surface area contributed by atoms with Crippen LogP contribution in [-0.2, 0) is 14.8 Å². The van der Waals surface area contributed by atoms with E-state index in [2.05, 4.69) is 0 Å². The van der Waals surface area contributed by atoms with Crippen LogP contribution in [0.15, 0.2) is 65.6 Å². The predicted octanol–water partition coefficient (Wildman–Crippen LogP) is 3.73. The number of rotatable bonds is 7. The van der Waals surface area contributed by atoms with Gasteiger partial charge in [0.2, 0.25) is 10.0 Å². The smallest absolute Gasteiger partial charge is 0.340 e. The van der Waals surface area contributed by atoms with E-state index in [-0.39, 0.29) is 16.2 Å². The Morgan fingerprint density at radius 3 is 2.33 bits per heavy atom. The van der Waals surface area contributed by atoms with Crippen molar-refractivity contribution in [3.63, 3.8) is 0 Å². The van der Waals surface area contributed by atoms with E-state index >= 15 is 0 Å². The second-order valence-electron chi connectivity index (χ2n) is 8.22. The summed E-state index contributed by atoms with van der Waals surface area (Å²) >= 11 is 0. The SMILES string of the molecule is CN(C)S(=O)(=O)c1ccc(N2CCCC2)c(C(=O)OCC(=O)c2ccc3ccccc3c2)c1. The molecule has 8 heteroatoms. The van der Waals surface area contributed by atoms with E-state index in [9.17, 15) is 18.0 Å². The largest absolute Gasteiger partial charge is 0.454 e. The minimum atomic E-state index is -3.73. The number of fused-ring (bicyclic) bond motifs is 1. The fraction of sp³-hybridized carbons (Fsp3) is 0.280. The Kier molecular flexibility index (Phi) is 6.49. The second kappa shape index (κ2) is 9.33. The highest BCUT2D eigenvalue weighted by Crippen LogP contribution is 2.29. The summed E-state index contributed by atoms with van der Waals surface area (Å²) in [4.78, 5) is 27.7. The maximum atomic E-state index is 13.0. The number of Topliss-reactive ketones (excluding diaryl/α,β-unsaturated/α-hetero) is 1. The first-order chi connectivity index (χ1) is 15.8. The Morgan fingerprint density at radius 1 is 0.939 bits per heavy atom. The van der Waals surface area contributed by atoms with Crippen molar-refractivity contribution in [2.75, 3.05) is 38.7 Å². The molecule has 0 aromatic heterocycles. The molecule has 7 nitrogen and oxygen atoms in total. The van der Waals surface area contributed by atoms with Crippen molar-refractivity contribution >= 4 is 38.2 Å². The molecule has 0 unspecified atom stereocenters. The standard InChI is InChI=1S/C25H26N2O5S/c1-26(2)33(30,31)21-11-12-23(27-13-5-6-14-27)22(16-21)25(29)32-17-24(28)20-10-9-18-7-3-4-8-19(18)15-20/h3-4,7-12,15-16H,5-6,13-14,17H2,1-2H3. The lowest BCUT2D eigenvalue weighted by Gasteiger charge is -2.22. The number of ether oxygens (including phenoxy) is 1. The van der Waals surface area contributed by atoms with Gasteiger partial charge in [0.1, 0.15) is 0 Å². The second-order valence-corrected chi connectivity index (χ2v) is 10.4. The molecule has 0 bridgehead atoms. The normalized spacial score (nSPS) is 14.1. The average Bonchev–Trinajstić information content (AvgIpc) is 3.36. The van der Waals surface area contributed by atoms with Gasteiger partial charge in [-0.05, 0) is 47.9 Å². The van der Waals surface area contributed by atoms with E-state index in [1.54, 1.807) is 18.2 Å². The average molecular weight is 467 g/mol. The third-order valence-electron chi connectivity index (χ3n) is 5.82. The van der Waals surface area contributed by atoms with E-state index < -0.39 is 22.6 Å². The van der Waals surface area contributed by atoms with Crippen LogP contribution in [0.2, 0.25) is 0 Å². The van der Waals surface area contributed by atoms with Gasteiger partial charge < -0.3 is 9.64 Å². The molecule has 4 rings (SSSR count). The summed E-state index contributed by atoms with van der Waals surface area (Å²) in [7, 11) is -0.859. The molecule has 0 N–H and O–H groups in total. The summed E-state index contributed by atoms with van der Waals surface area (Å²) in [5.74, 6) is -1.05. The number of carbonyl (C=O) groups is 2. The molecule has 1 aliphatic rings. The molecule has 1 saturated heterocycles. The molecule has 1 heterocycles. The van der Waals surface area contributed by atoms with E-state index in [0.29, 0.717) is 11.3 Å². The quantitative estimate of drug-likeness (QED) is 0.390. The van der Waals surface area contributed by atoms with Gasteiger partial charge in [-0.15, -0.1) is 0 Å². The molecule has 0 spiro atoms. The molecular weight excluding hydrogens is 440 g/mol. The molecular formula is C25H26N2O5S. The van der Waals surface area contributed by atoms with Crippen LogP contribution in [-0.4, -0.2) is 58.3 Å². The summed E-state index contributed by atoms with van der Waals surface area (Å²) in [6, 6.07) is 17.5. The van der Waals surface area contributed by atoms with Gasteiger partial charge in [-0.2, -0.15) is 0 Å². The van der Waals surface area contributed by atoms with Crippen LogP contribution < -0.4 is 4.90 Å². The zero-order valence-electron chi connectivity index (χ0n) is 18.7.